The van der Waals surface area contributed by atoms with E-state index in [9.17, 15) is 4.79 Å². The lowest BCUT2D eigenvalue weighted by molar-refractivity contribution is 0.0751. The zero-order valence-corrected chi connectivity index (χ0v) is 22.6. The van der Waals surface area contributed by atoms with Crippen LogP contribution < -0.4 is 14.9 Å². The van der Waals surface area contributed by atoms with Crippen molar-refractivity contribution in [2.24, 2.45) is 0 Å². The molecule has 0 N–H and O–H groups in total. The molecule has 0 radical (unpaired) electrons. The molecule has 3 aromatic carbocycles. The van der Waals surface area contributed by atoms with Gasteiger partial charge in [0.05, 0.1) is 25.2 Å². The lowest BCUT2D eigenvalue weighted by Crippen LogP contribution is -2.48. The standard InChI is InChI=1S/C28H31N2O4PS/c1-4-33-35(34-5-2)25-18-20-19-26(36-27(20)24-9-7-6-8-23(24)25)28(31)30-16-14-29(15-17-30)21-10-12-22(32-3)13-11-21/h6-13,18-19H,4-5,14-17H2,1-3H3. The number of benzene rings is 3. The summed E-state index contributed by atoms with van der Waals surface area (Å²) in [7, 11) is 0.493. The van der Waals surface area contributed by atoms with Crippen LogP contribution in [0.3, 0.4) is 0 Å². The van der Waals surface area contributed by atoms with Gasteiger partial charge in [0, 0.05) is 47.3 Å². The average molecular weight is 523 g/mol. The van der Waals surface area contributed by atoms with Gasteiger partial charge in [0.1, 0.15) is 5.75 Å². The van der Waals surface area contributed by atoms with Crippen LogP contribution in [0.5, 0.6) is 5.75 Å². The van der Waals surface area contributed by atoms with E-state index in [0.29, 0.717) is 26.3 Å². The molecule has 0 saturated carbocycles. The van der Waals surface area contributed by atoms with E-state index >= 15 is 0 Å². The van der Waals surface area contributed by atoms with Crippen molar-refractivity contribution >= 4 is 57.5 Å². The highest BCUT2D eigenvalue weighted by molar-refractivity contribution is 7.56. The van der Waals surface area contributed by atoms with Crippen molar-refractivity contribution in [3.63, 3.8) is 0 Å². The van der Waals surface area contributed by atoms with Gasteiger partial charge < -0.3 is 23.6 Å². The third-order valence-electron chi connectivity index (χ3n) is 6.41. The highest BCUT2D eigenvalue weighted by Crippen LogP contribution is 2.43. The molecule has 0 bridgehead atoms. The first-order valence-corrected chi connectivity index (χ1v) is 14.3. The molecular formula is C28H31N2O4PS. The fourth-order valence-electron chi connectivity index (χ4n) is 4.64. The first kappa shape index (κ1) is 25.0. The van der Waals surface area contributed by atoms with E-state index < -0.39 is 8.38 Å². The number of thiophene rings is 1. The topological polar surface area (TPSA) is 51.2 Å². The Morgan fingerprint density at radius 1 is 0.917 bits per heavy atom. The number of nitrogens with zero attached hydrogens (tertiary/aromatic N) is 2. The summed E-state index contributed by atoms with van der Waals surface area (Å²) in [4.78, 5) is 18.6. The molecule has 0 aliphatic carbocycles. The molecule has 1 aliphatic rings. The molecule has 1 aromatic heterocycles. The molecule has 1 fully saturated rings. The van der Waals surface area contributed by atoms with Crippen LogP contribution in [-0.2, 0) is 9.05 Å². The molecule has 36 heavy (non-hydrogen) atoms. The Hall–Kier alpha value is -2.70. The monoisotopic (exact) mass is 522 g/mol. The van der Waals surface area contributed by atoms with Gasteiger partial charge in [-0.25, -0.2) is 0 Å². The summed E-state index contributed by atoms with van der Waals surface area (Å²) in [5.41, 5.74) is 1.16. The number of hydrogen-bond acceptors (Lipinski definition) is 6. The fraction of sp³-hybridized carbons (Fsp3) is 0.321. The second-order valence-electron chi connectivity index (χ2n) is 8.54. The summed E-state index contributed by atoms with van der Waals surface area (Å²) >= 11 is 1.58. The zero-order chi connectivity index (χ0) is 25.1. The summed E-state index contributed by atoms with van der Waals surface area (Å²) in [6.07, 6.45) is 0. The minimum Gasteiger partial charge on any atom is -0.497 e. The van der Waals surface area contributed by atoms with E-state index in [0.717, 1.165) is 55.6 Å². The maximum absolute atomic E-state index is 13.5. The number of carbonyl (C=O) groups is 1. The predicted molar refractivity (Wildman–Crippen MR) is 150 cm³/mol. The molecule has 2 heterocycles. The Bertz CT molecular complexity index is 1340. The van der Waals surface area contributed by atoms with Gasteiger partial charge in [0.25, 0.3) is 5.91 Å². The van der Waals surface area contributed by atoms with Crippen LogP contribution >= 0.6 is 19.7 Å². The number of amides is 1. The molecule has 1 saturated heterocycles. The summed E-state index contributed by atoms with van der Waals surface area (Å²) < 4.78 is 18.4. The van der Waals surface area contributed by atoms with Crippen molar-refractivity contribution in [2.45, 2.75) is 13.8 Å². The van der Waals surface area contributed by atoms with Crippen LogP contribution in [0.2, 0.25) is 0 Å². The van der Waals surface area contributed by atoms with Crippen LogP contribution in [0, 0.1) is 0 Å². The highest BCUT2D eigenvalue weighted by atomic mass is 32.1. The van der Waals surface area contributed by atoms with Crippen molar-refractivity contribution in [1.82, 2.24) is 4.90 Å². The van der Waals surface area contributed by atoms with Crippen LogP contribution in [0.15, 0.2) is 60.7 Å². The van der Waals surface area contributed by atoms with Crippen molar-refractivity contribution in [3.05, 3.63) is 65.5 Å². The first-order valence-electron chi connectivity index (χ1n) is 12.3. The van der Waals surface area contributed by atoms with Crippen LogP contribution in [0.4, 0.5) is 5.69 Å². The number of rotatable bonds is 8. The van der Waals surface area contributed by atoms with Gasteiger partial charge in [0.2, 0.25) is 8.38 Å². The van der Waals surface area contributed by atoms with Crippen molar-refractivity contribution in [2.75, 3.05) is 51.4 Å². The minimum absolute atomic E-state index is 0.105. The smallest absolute Gasteiger partial charge is 0.264 e. The lowest BCUT2D eigenvalue weighted by atomic mass is 10.1. The zero-order valence-electron chi connectivity index (χ0n) is 20.9. The Morgan fingerprint density at radius 2 is 1.58 bits per heavy atom. The number of hydrogen-bond donors (Lipinski definition) is 0. The Morgan fingerprint density at radius 3 is 2.22 bits per heavy atom. The van der Waals surface area contributed by atoms with Crippen LogP contribution in [0.1, 0.15) is 23.5 Å². The predicted octanol–water partition coefficient (Wildman–Crippen LogP) is 6.04. The molecule has 188 valence electrons. The molecule has 8 heteroatoms. The molecule has 0 unspecified atom stereocenters. The van der Waals surface area contributed by atoms with Crippen molar-refractivity contribution in [1.29, 1.82) is 0 Å². The molecule has 6 nitrogen and oxygen atoms in total. The van der Waals surface area contributed by atoms with E-state index in [1.165, 1.54) is 0 Å². The maximum Gasteiger partial charge on any atom is 0.264 e. The van der Waals surface area contributed by atoms with Crippen molar-refractivity contribution in [3.8, 4) is 5.75 Å². The normalized spacial score (nSPS) is 14.2. The summed E-state index contributed by atoms with van der Waals surface area (Å²) in [6, 6.07) is 20.6. The largest absolute Gasteiger partial charge is 0.497 e. The summed E-state index contributed by atoms with van der Waals surface area (Å²) in [6.45, 7) is 8.18. The molecule has 1 amide bonds. The van der Waals surface area contributed by atoms with E-state index in [1.54, 1.807) is 18.4 Å². The molecule has 1 aliphatic heterocycles. The van der Waals surface area contributed by atoms with Crippen LogP contribution in [-0.4, -0.2) is 57.3 Å². The van der Waals surface area contributed by atoms with Crippen molar-refractivity contribution < 1.29 is 18.6 Å². The maximum atomic E-state index is 13.5. The minimum atomic E-state index is -1.18. The molecular weight excluding hydrogens is 491 g/mol. The van der Waals surface area contributed by atoms with Crippen LogP contribution in [0.25, 0.3) is 20.9 Å². The molecule has 0 atom stereocenters. The lowest BCUT2D eigenvalue weighted by Gasteiger charge is -2.36. The first-order chi connectivity index (χ1) is 17.6. The van der Waals surface area contributed by atoms with Gasteiger partial charge >= 0.3 is 0 Å². The second kappa shape index (κ2) is 11.1. The average Bonchev–Trinajstić information content (AvgIpc) is 3.37. The molecule has 5 rings (SSSR count). The third kappa shape index (κ3) is 4.94. The van der Waals surface area contributed by atoms with Gasteiger partial charge in [-0.15, -0.1) is 11.3 Å². The number of anilines is 1. The number of carbonyl (C=O) groups excluding carboxylic acids is 1. The van der Waals surface area contributed by atoms with E-state index in [1.807, 2.05) is 43.0 Å². The summed E-state index contributed by atoms with van der Waals surface area (Å²) in [5.74, 6) is 0.955. The number of fused-ring (bicyclic) bond motifs is 3. The number of ether oxygens (including phenoxy) is 1. The Balaban J connectivity index is 1.39. The molecule has 0 spiro atoms. The quantitative estimate of drug-likeness (QED) is 0.264. The van der Waals surface area contributed by atoms with E-state index in [-0.39, 0.29) is 5.91 Å². The molecule has 4 aromatic rings. The fourth-order valence-corrected chi connectivity index (χ4v) is 7.24. The van der Waals surface area contributed by atoms with E-state index in [2.05, 4.69) is 41.3 Å². The summed E-state index contributed by atoms with van der Waals surface area (Å²) in [5, 5.41) is 4.42. The SMILES string of the molecule is CCOP(OCC)c1cc2cc(C(=O)N3CCN(c4ccc(OC)cc4)CC3)sc2c2ccccc12. The second-order valence-corrected chi connectivity index (χ2v) is 11.1. The van der Waals surface area contributed by atoms with Gasteiger partial charge in [-0.3, -0.25) is 4.79 Å². The Kier molecular flexibility index (Phi) is 7.73. The highest BCUT2D eigenvalue weighted by Gasteiger charge is 2.25. The Labute approximate surface area is 217 Å². The van der Waals surface area contributed by atoms with Gasteiger partial charge in [-0.2, -0.15) is 0 Å². The van der Waals surface area contributed by atoms with Gasteiger partial charge in [-0.1, -0.05) is 24.3 Å². The number of piperazine rings is 1. The number of methoxy groups -OCH3 is 1. The van der Waals surface area contributed by atoms with E-state index in [4.69, 9.17) is 13.8 Å². The van der Waals surface area contributed by atoms with Gasteiger partial charge in [0.15, 0.2) is 0 Å². The van der Waals surface area contributed by atoms with Gasteiger partial charge in [-0.05, 0) is 61.0 Å². The third-order valence-corrected chi connectivity index (χ3v) is 9.33.